The molecule has 0 aliphatic carbocycles. The number of halogens is 2. The Labute approximate surface area is 198 Å². The zero-order chi connectivity index (χ0) is 25.9. The normalized spacial score (nSPS) is 13.0. The predicted octanol–water partition coefficient (Wildman–Crippen LogP) is 2.57. The van der Waals surface area contributed by atoms with Gasteiger partial charge in [-0.15, -0.1) is 13.2 Å². The van der Waals surface area contributed by atoms with Gasteiger partial charge >= 0.3 is 0 Å². The van der Waals surface area contributed by atoms with Gasteiger partial charge in [0.1, 0.15) is 6.04 Å². The average Bonchev–Trinajstić information content (AvgIpc) is 2.82. The number of hydrogen-bond donors (Lipinski definition) is 4. The lowest BCUT2D eigenvalue weighted by molar-refractivity contribution is -0.149. The summed E-state index contributed by atoms with van der Waals surface area (Å²) in [6.45, 7) is 7.51. The van der Waals surface area contributed by atoms with Gasteiger partial charge in [0.15, 0.2) is 5.60 Å². The van der Waals surface area contributed by atoms with E-state index in [9.17, 15) is 23.5 Å². The number of nitrogens with zero attached hydrogens (tertiary/aromatic N) is 1. The third kappa shape index (κ3) is 8.08. The third-order valence-electron chi connectivity index (χ3n) is 4.63. The lowest BCUT2D eigenvalue weighted by atomic mass is 9.95. The number of carbonyl (C=O) groups excluding carboxylic acids is 2. The molecule has 34 heavy (non-hydrogen) atoms. The number of rotatable bonds is 7. The van der Waals surface area contributed by atoms with Crippen molar-refractivity contribution in [1.29, 1.82) is 0 Å². The van der Waals surface area contributed by atoms with Gasteiger partial charge in [-0.25, -0.2) is 14.3 Å². The van der Waals surface area contributed by atoms with E-state index < -0.39 is 29.9 Å². The van der Waals surface area contributed by atoms with E-state index >= 15 is 0 Å². The fraction of sp³-hybridized carbons (Fsp3) is 0.280. The Bertz CT molecular complexity index is 1010. The van der Waals surface area contributed by atoms with Gasteiger partial charge in [-0.2, -0.15) is 0 Å². The molecular weight excluding hydrogens is 444 g/mol. The van der Waals surface area contributed by atoms with Crippen LogP contribution < -0.4 is 10.8 Å². The van der Waals surface area contributed by atoms with E-state index in [1.807, 2.05) is 43.7 Å². The summed E-state index contributed by atoms with van der Waals surface area (Å²) in [7, 11) is 3.97. The summed E-state index contributed by atoms with van der Waals surface area (Å²) in [5.41, 5.74) is 0.933. The van der Waals surface area contributed by atoms with Gasteiger partial charge in [-0.1, -0.05) is 24.0 Å². The molecule has 2 unspecified atom stereocenters. The molecule has 0 spiro atoms. The van der Waals surface area contributed by atoms with Crippen molar-refractivity contribution in [2.45, 2.75) is 31.5 Å². The van der Waals surface area contributed by atoms with E-state index in [0.29, 0.717) is 12.5 Å². The first-order chi connectivity index (χ1) is 16.0. The molecule has 0 fully saturated rings. The fourth-order valence-electron chi connectivity index (χ4n) is 2.79. The summed E-state index contributed by atoms with van der Waals surface area (Å²) in [5, 5.41) is 20.6. The Kier molecular flexibility index (Phi) is 11.1. The second kappa shape index (κ2) is 13.2. The Morgan fingerprint density at radius 3 is 1.91 bits per heavy atom. The first kappa shape index (κ1) is 28.5. The van der Waals surface area contributed by atoms with Gasteiger partial charge < -0.3 is 15.3 Å². The summed E-state index contributed by atoms with van der Waals surface area (Å²) >= 11 is 0. The van der Waals surface area contributed by atoms with Crippen LogP contribution in [0.5, 0.6) is 0 Å². The third-order valence-corrected chi connectivity index (χ3v) is 4.63. The van der Waals surface area contributed by atoms with Gasteiger partial charge in [0.2, 0.25) is 0 Å². The zero-order valence-corrected chi connectivity index (χ0v) is 19.3. The minimum absolute atomic E-state index is 0.0596. The van der Waals surface area contributed by atoms with Gasteiger partial charge in [0.25, 0.3) is 18.2 Å². The van der Waals surface area contributed by atoms with E-state index in [1.54, 1.807) is 12.1 Å². The summed E-state index contributed by atoms with van der Waals surface area (Å²) in [5.74, 6) is 3.73. The van der Waals surface area contributed by atoms with Crippen molar-refractivity contribution in [3.63, 3.8) is 0 Å². The van der Waals surface area contributed by atoms with Crippen LogP contribution >= 0.6 is 0 Å². The van der Waals surface area contributed by atoms with Crippen LogP contribution in [0.2, 0.25) is 0 Å². The Hall–Kier alpha value is -3.58. The number of carbonyl (C=O) groups is 2. The first-order valence-electron chi connectivity index (χ1n) is 10.2. The van der Waals surface area contributed by atoms with E-state index in [-0.39, 0.29) is 5.56 Å². The Morgan fingerprint density at radius 1 is 1.03 bits per heavy atom. The summed E-state index contributed by atoms with van der Waals surface area (Å²) in [6.07, 6.45) is -3.35. The topological polar surface area (TPSA) is 102 Å². The number of hydroxylamine groups is 1. The number of alkyl halides is 2. The van der Waals surface area contributed by atoms with Crippen molar-refractivity contribution in [2.75, 3.05) is 14.1 Å². The molecule has 0 saturated heterocycles. The van der Waals surface area contributed by atoms with E-state index in [1.165, 1.54) is 17.6 Å². The molecule has 0 bridgehead atoms. The van der Waals surface area contributed by atoms with Crippen molar-refractivity contribution in [3.05, 3.63) is 83.9 Å². The molecule has 0 aliphatic heterocycles. The number of aliphatic hydroxyl groups is 1. The standard InChI is InChI=1S/C23H25F2N3O4.C2H4/c1-23(31,22(24)25)19(21(30)27-32)26-20(29)18-12-10-16(11-13-18)5-4-15-6-8-17(9-7-15)14-28(2)3;1-2/h6-13,19,22,31-32H,14H2,1-3H3,(H,26,29)(H,27,30);1-2H2. The molecule has 9 heteroatoms. The lowest BCUT2D eigenvalue weighted by Crippen LogP contribution is -2.61. The molecule has 0 radical (unpaired) electrons. The summed E-state index contributed by atoms with van der Waals surface area (Å²) < 4.78 is 26.2. The van der Waals surface area contributed by atoms with Crippen LogP contribution in [-0.4, -0.2) is 59.2 Å². The zero-order valence-electron chi connectivity index (χ0n) is 19.3. The molecule has 2 atom stereocenters. The monoisotopic (exact) mass is 473 g/mol. The molecule has 4 N–H and O–H groups in total. The maximum atomic E-state index is 13.1. The maximum Gasteiger partial charge on any atom is 0.269 e. The maximum absolute atomic E-state index is 13.1. The Balaban J connectivity index is 0.00000281. The van der Waals surface area contributed by atoms with Crippen LogP contribution in [0.15, 0.2) is 61.7 Å². The summed E-state index contributed by atoms with van der Waals surface area (Å²) in [6, 6.07) is 11.7. The molecule has 7 nitrogen and oxygen atoms in total. The van der Waals surface area contributed by atoms with Crippen molar-refractivity contribution >= 4 is 11.8 Å². The van der Waals surface area contributed by atoms with Crippen LogP contribution in [-0.2, 0) is 11.3 Å². The summed E-state index contributed by atoms with van der Waals surface area (Å²) in [4.78, 5) is 26.1. The molecule has 2 rings (SSSR count). The van der Waals surface area contributed by atoms with E-state index in [4.69, 9.17) is 5.21 Å². The highest BCUT2D eigenvalue weighted by molar-refractivity contribution is 5.97. The molecule has 0 aromatic heterocycles. The van der Waals surface area contributed by atoms with Crippen molar-refractivity contribution in [3.8, 4) is 11.8 Å². The van der Waals surface area contributed by atoms with Crippen LogP contribution in [0.3, 0.4) is 0 Å². The van der Waals surface area contributed by atoms with Crippen LogP contribution in [0.25, 0.3) is 0 Å². The van der Waals surface area contributed by atoms with Crippen LogP contribution in [0, 0.1) is 11.8 Å². The van der Waals surface area contributed by atoms with Crippen LogP contribution in [0.1, 0.15) is 34.0 Å². The number of benzene rings is 2. The average molecular weight is 474 g/mol. The number of amides is 2. The second-order valence-corrected chi connectivity index (χ2v) is 7.67. The van der Waals surface area contributed by atoms with E-state index in [0.717, 1.165) is 17.7 Å². The number of hydrogen-bond acceptors (Lipinski definition) is 5. The molecule has 2 aromatic rings. The quantitative estimate of drug-likeness (QED) is 0.214. The molecule has 0 heterocycles. The molecule has 2 aromatic carbocycles. The van der Waals surface area contributed by atoms with Gasteiger partial charge in [0.05, 0.1) is 0 Å². The predicted molar refractivity (Wildman–Crippen MR) is 125 cm³/mol. The SMILES string of the molecule is C=C.CN(C)Cc1ccc(C#Cc2ccc(C(=O)NC(C(=O)NO)C(C)(O)C(F)F)cc2)cc1. The highest BCUT2D eigenvalue weighted by Crippen LogP contribution is 2.20. The number of nitrogens with one attached hydrogen (secondary N) is 2. The highest BCUT2D eigenvalue weighted by atomic mass is 19.3. The second-order valence-electron chi connectivity index (χ2n) is 7.67. The minimum Gasteiger partial charge on any atom is -0.381 e. The fourth-order valence-corrected chi connectivity index (χ4v) is 2.79. The smallest absolute Gasteiger partial charge is 0.269 e. The van der Waals surface area contributed by atoms with Gasteiger partial charge in [-0.3, -0.25) is 14.8 Å². The van der Waals surface area contributed by atoms with Gasteiger partial charge in [-0.05, 0) is 63.0 Å². The van der Waals surface area contributed by atoms with Crippen molar-refractivity contribution in [2.24, 2.45) is 0 Å². The molecule has 0 saturated carbocycles. The molecule has 2 amide bonds. The first-order valence-corrected chi connectivity index (χ1v) is 10.2. The minimum atomic E-state index is -3.35. The van der Waals surface area contributed by atoms with Crippen LogP contribution in [0.4, 0.5) is 8.78 Å². The largest absolute Gasteiger partial charge is 0.381 e. The van der Waals surface area contributed by atoms with Crippen molar-refractivity contribution in [1.82, 2.24) is 15.7 Å². The highest BCUT2D eigenvalue weighted by Gasteiger charge is 2.46. The molecule has 182 valence electrons. The van der Waals surface area contributed by atoms with Gasteiger partial charge in [0, 0.05) is 23.2 Å². The molecular formula is C25H29F2N3O4. The molecule has 0 aliphatic rings. The Morgan fingerprint density at radius 2 is 1.50 bits per heavy atom. The van der Waals surface area contributed by atoms with Crippen molar-refractivity contribution < 1.29 is 28.7 Å². The lowest BCUT2D eigenvalue weighted by Gasteiger charge is -2.30. The van der Waals surface area contributed by atoms with E-state index in [2.05, 4.69) is 29.9 Å².